The molecule has 0 bridgehead atoms. The molecule has 1 aliphatic rings. The molecule has 2 unspecified atom stereocenters. The van der Waals surface area contributed by atoms with Gasteiger partial charge in [0.1, 0.15) is 5.78 Å². The van der Waals surface area contributed by atoms with Crippen LogP contribution in [-0.4, -0.2) is 31.0 Å². The van der Waals surface area contributed by atoms with Crippen molar-refractivity contribution in [3.63, 3.8) is 0 Å². The Kier molecular flexibility index (Phi) is 3.08. The summed E-state index contributed by atoms with van der Waals surface area (Å²) in [6, 6.07) is -0.994. The molecule has 70 valence electrons. The van der Waals surface area contributed by atoms with E-state index in [1.54, 1.807) is 0 Å². The number of piperidine rings is 1. The molecule has 0 spiro atoms. The van der Waals surface area contributed by atoms with Crippen molar-refractivity contribution in [1.29, 1.82) is 0 Å². The van der Waals surface area contributed by atoms with Gasteiger partial charge in [-0.2, -0.15) is 0 Å². The summed E-state index contributed by atoms with van der Waals surface area (Å²) in [4.78, 5) is 10.7. The van der Waals surface area contributed by atoms with Gasteiger partial charge in [0.2, 0.25) is 0 Å². The summed E-state index contributed by atoms with van der Waals surface area (Å²) in [6.45, 7) is 0.302. The number of hydrogen-bond donors (Lipinski definition) is 1. The summed E-state index contributed by atoms with van der Waals surface area (Å²) in [7, 11) is 0. The first-order chi connectivity index (χ1) is 5.61. The van der Waals surface area contributed by atoms with Gasteiger partial charge in [-0.15, -0.1) is 0 Å². The average Bonchev–Trinajstić information content (AvgIpc) is 2.03. The van der Waals surface area contributed by atoms with Gasteiger partial charge in [-0.3, -0.25) is 4.79 Å². The molecular weight excluding hydrogens is 171 g/mol. The SMILES string of the molecule is O=C1CCNC(C(F)C(F)F)C1. The van der Waals surface area contributed by atoms with Gasteiger partial charge >= 0.3 is 0 Å². The van der Waals surface area contributed by atoms with Gasteiger partial charge in [-0.05, 0) is 0 Å². The van der Waals surface area contributed by atoms with Gasteiger partial charge in [-0.1, -0.05) is 0 Å². The molecule has 0 radical (unpaired) electrons. The maximum atomic E-state index is 12.6. The van der Waals surface area contributed by atoms with Crippen LogP contribution >= 0.6 is 0 Å². The molecule has 0 aromatic rings. The van der Waals surface area contributed by atoms with Crippen molar-refractivity contribution < 1.29 is 18.0 Å². The van der Waals surface area contributed by atoms with E-state index in [0.29, 0.717) is 13.0 Å². The van der Waals surface area contributed by atoms with Gasteiger partial charge in [0.15, 0.2) is 6.17 Å². The molecule has 0 aliphatic carbocycles. The molecule has 1 N–H and O–H groups in total. The maximum Gasteiger partial charge on any atom is 0.270 e. The van der Waals surface area contributed by atoms with Crippen molar-refractivity contribution >= 4 is 5.78 Å². The molecule has 1 heterocycles. The summed E-state index contributed by atoms with van der Waals surface area (Å²) >= 11 is 0. The molecule has 0 aromatic heterocycles. The molecule has 0 amide bonds. The van der Waals surface area contributed by atoms with Gasteiger partial charge < -0.3 is 5.32 Å². The van der Waals surface area contributed by atoms with Crippen LogP contribution in [0.15, 0.2) is 0 Å². The second-order valence-corrected chi connectivity index (χ2v) is 2.83. The summed E-state index contributed by atoms with van der Waals surface area (Å²) < 4.78 is 36.2. The van der Waals surface area contributed by atoms with Gasteiger partial charge in [0, 0.05) is 19.4 Å². The van der Waals surface area contributed by atoms with Crippen LogP contribution in [0.1, 0.15) is 12.8 Å². The number of nitrogens with one attached hydrogen (secondary N) is 1. The Hall–Kier alpha value is -0.580. The van der Waals surface area contributed by atoms with Crippen LogP contribution in [0.2, 0.25) is 0 Å². The van der Waals surface area contributed by atoms with E-state index >= 15 is 0 Å². The topological polar surface area (TPSA) is 29.1 Å². The lowest BCUT2D eigenvalue weighted by Gasteiger charge is -2.25. The van der Waals surface area contributed by atoms with Crippen LogP contribution in [0.3, 0.4) is 0 Å². The fraction of sp³-hybridized carbons (Fsp3) is 0.857. The van der Waals surface area contributed by atoms with Crippen LogP contribution in [0.5, 0.6) is 0 Å². The van der Waals surface area contributed by atoms with E-state index in [2.05, 4.69) is 5.32 Å². The molecule has 1 rings (SSSR count). The molecule has 2 atom stereocenters. The molecule has 1 fully saturated rings. The lowest BCUT2D eigenvalue weighted by atomic mass is 10.00. The van der Waals surface area contributed by atoms with E-state index in [0.717, 1.165) is 0 Å². The number of halogens is 3. The van der Waals surface area contributed by atoms with Crippen LogP contribution in [0, 0.1) is 0 Å². The van der Waals surface area contributed by atoms with Crippen LogP contribution < -0.4 is 5.32 Å². The molecule has 2 nitrogen and oxygen atoms in total. The quantitative estimate of drug-likeness (QED) is 0.686. The number of alkyl halides is 3. The first-order valence-corrected chi connectivity index (χ1v) is 3.78. The largest absolute Gasteiger partial charge is 0.310 e. The zero-order valence-electron chi connectivity index (χ0n) is 6.40. The number of carbonyl (C=O) groups excluding carboxylic acids is 1. The Bertz CT molecular complexity index is 174. The predicted molar refractivity (Wildman–Crippen MR) is 36.9 cm³/mol. The highest BCUT2D eigenvalue weighted by Crippen LogP contribution is 2.16. The molecule has 1 aliphatic heterocycles. The maximum absolute atomic E-state index is 12.6. The first-order valence-electron chi connectivity index (χ1n) is 3.78. The lowest BCUT2D eigenvalue weighted by Crippen LogP contribution is -2.46. The smallest absolute Gasteiger partial charge is 0.270 e. The van der Waals surface area contributed by atoms with Crippen LogP contribution in [-0.2, 0) is 4.79 Å². The summed E-state index contributed by atoms with van der Waals surface area (Å²) in [5.74, 6) is -0.151. The Morgan fingerprint density at radius 3 is 2.58 bits per heavy atom. The van der Waals surface area contributed by atoms with Crippen molar-refractivity contribution in [2.24, 2.45) is 0 Å². The monoisotopic (exact) mass is 181 g/mol. The minimum atomic E-state index is -3.01. The highest BCUT2D eigenvalue weighted by atomic mass is 19.3. The fourth-order valence-electron chi connectivity index (χ4n) is 1.22. The van der Waals surface area contributed by atoms with E-state index in [1.165, 1.54) is 0 Å². The third kappa shape index (κ3) is 2.20. The zero-order valence-corrected chi connectivity index (χ0v) is 6.40. The normalized spacial score (nSPS) is 27.7. The van der Waals surface area contributed by atoms with E-state index in [-0.39, 0.29) is 12.2 Å². The number of carbonyl (C=O) groups is 1. The molecule has 12 heavy (non-hydrogen) atoms. The molecule has 5 heteroatoms. The number of hydrogen-bond acceptors (Lipinski definition) is 2. The lowest BCUT2D eigenvalue weighted by molar-refractivity contribution is -0.121. The molecule has 1 saturated heterocycles. The Morgan fingerprint density at radius 1 is 1.42 bits per heavy atom. The van der Waals surface area contributed by atoms with Gasteiger partial charge in [-0.25, -0.2) is 13.2 Å². The van der Waals surface area contributed by atoms with Gasteiger partial charge in [0.05, 0.1) is 6.04 Å². The van der Waals surface area contributed by atoms with Crippen LogP contribution in [0.4, 0.5) is 13.2 Å². The van der Waals surface area contributed by atoms with E-state index in [1.807, 2.05) is 0 Å². The first kappa shape index (κ1) is 9.51. The summed E-state index contributed by atoms with van der Waals surface area (Å²) in [6.07, 6.45) is -5.04. The van der Waals surface area contributed by atoms with Crippen molar-refractivity contribution in [3.05, 3.63) is 0 Å². The third-order valence-electron chi connectivity index (χ3n) is 1.88. The minimum absolute atomic E-state index is 0.120. The number of Topliss-reactive ketones (excluding diaryl/α,β-unsaturated/α-hetero) is 1. The molecule has 0 aromatic carbocycles. The molecule has 0 saturated carbocycles. The van der Waals surface area contributed by atoms with E-state index in [9.17, 15) is 18.0 Å². The minimum Gasteiger partial charge on any atom is -0.310 e. The summed E-state index contributed by atoms with van der Waals surface area (Å²) in [5.41, 5.74) is 0. The Labute approximate surface area is 68.1 Å². The molecular formula is C7H10F3NO. The zero-order chi connectivity index (χ0) is 9.14. The number of rotatable bonds is 2. The number of ketones is 1. The highest BCUT2D eigenvalue weighted by Gasteiger charge is 2.32. The predicted octanol–water partition coefficient (Wildman–Crippen LogP) is 0.911. The van der Waals surface area contributed by atoms with E-state index < -0.39 is 18.6 Å². The summed E-state index contributed by atoms with van der Waals surface area (Å²) in [5, 5.41) is 2.55. The Balaban J connectivity index is 2.45. The van der Waals surface area contributed by atoms with Crippen molar-refractivity contribution in [2.45, 2.75) is 31.5 Å². The van der Waals surface area contributed by atoms with Crippen molar-refractivity contribution in [2.75, 3.05) is 6.54 Å². The average molecular weight is 181 g/mol. The Morgan fingerprint density at radius 2 is 2.08 bits per heavy atom. The van der Waals surface area contributed by atoms with Gasteiger partial charge in [0.25, 0.3) is 6.43 Å². The highest BCUT2D eigenvalue weighted by molar-refractivity contribution is 5.80. The van der Waals surface area contributed by atoms with E-state index in [4.69, 9.17) is 0 Å². The standard InChI is InChI=1S/C7H10F3NO/c8-6(7(9)10)5-3-4(12)1-2-11-5/h5-7,11H,1-3H2. The third-order valence-corrected chi connectivity index (χ3v) is 1.88. The van der Waals surface area contributed by atoms with Crippen molar-refractivity contribution in [3.8, 4) is 0 Å². The van der Waals surface area contributed by atoms with Crippen LogP contribution in [0.25, 0.3) is 0 Å². The second-order valence-electron chi connectivity index (χ2n) is 2.83. The fourth-order valence-corrected chi connectivity index (χ4v) is 1.22. The van der Waals surface area contributed by atoms with Crippen molar-refractivity contribution in [1.82, 2.24) is 5.32 Å². The second kappa shape index (κ2) is 3.89.